The number of carbonyl (C=O) groups excluding carboxylic acids is 2. The fraction of sp³-hybridized carbons (Fsp3) is 0.176. The van der Waals surface area contributed by atoms with Crippen molar-refractivity contribution >= 4 is 40.7 Å². The van der Waals surface area contributed by atoms with E-state index in [0.717, 1.165) is 5.56 Å². The molecule has 0 N–H and O–H groups in total. The van der Waals surface area contributed by atoms with Crippen molar-refractivity contribution in [2.75, 3.05) is 4.90 Å². The lowest BCUT2D eigenvalue weighted by Crippen LogP contribution is -2.30. The van der Waals surface area contributed by atoms with Crippen LogP contribution in [-0.2, 0) is 16.0 Å². The van der Waals surface area contributed by atoms with Crippen molar-refractivity contribution in [3.8, 4) is 0 Å². The molecular weight excluding hydrogens is 321 g/mol. The Balaban J connectivity index is 1.79. The van der Waals surface area contributed by atoms with Crippen molar-refractivity contribution in [3.63, 3.8) is 0 Å². The van der Waals surface area contributed by atoms with Gasteiger partial charge in [-0.25, -0.2) is 0 Å². The summed E-state index contributed by atoms with van der Waals surface area (Å²) < 4.78 is 0. The molecule has 5 heteroatoms. The third-order valence-electron chi connectivity index (χ3n) is 3.72. The molecule has 0 aliphatic carbocycles. The molecule has 1 saturated heterocycles. The van der Waals surface area contributed by atoms with Crippen LogP contribution in [0.5, 0.6) is 0 Å². The van der Waals surface area contributed by atoms with Crippen LogP contribution in [0.4, 0.5) is 5.69 Å². The van der Waals surface area contributed by atoms with Crippen LogP contribution in [0, 0.1) is 5.92 Å². The molecule has 1 aliphatic rings. The number of rotatable bonds is 3. The van der Waals surface area contributed by atoms with Gasteiger partial charge in [0.15, 0.2) is 0 Å². The number of nitrogens with zero attached hydrogens (tertiary/aromatic N) is 1. The van der Waals surface area contributed by atoms with Gasteiger partial charge in [0.05, 0.1) is 11.6 Å². The van der Waals surface area contributed by atoms with E-state index in [0.29, 0.717) is 22.2 Å². The van der Waals surface area contributed by atoms with E-state index in [4.69, 9.17) is 23.2 Å². The fourth-order valence-corrected chi connectivity index (χ4v) is 2.87. The Morgan fingerprint density at radius 1 is 0.909 bits per heavy atom. The van der Waals surface area contributed by atoms with Crippen LogP contribution in [0.3, 0.4) is 0 Å². The van der Waals surface area contributed by atoms with Gasteiger partial charge >= 0.3 is 0 Å². The lowest BCUT2D eigenvalue weighted by Gasteiger charge is -2.15. The SMILES string of the molecule is O=C1CC(Cc2ccc(Cl)cc2)C(=O)N1c1ccc(Cl)cc1. The second kappa shape index (κ2) is 6.11. The van der Waals surface area contributed by atoms with Crippen molar-refractivity contribution in [1.29, 1.82) is 0 Å². The van der Waals surface area contributed by atoms with E-state index < -0.39 is 0 Å². The zero-order valence-electron chi connectivity index (χ0n) is 11.6. The minimum absolute atomic E-state index is 0.165. The number of benzene rings is 2. The summed E-state index contributed by atoms with van der Waals surface area (Å²) in [7, 11) is 0. The summed E-state index contributed by atoms with van der Waals surface area (Å²) in [6, 6.07) is 14.0. The molecular formula is C17H13Cl2NO2. The number of anilines is 1. The summed E-state index contributed by atoms with van der Waals surface area (Å²) in [6.45, 7) is 0. The monoisotopic (exact) mass is 333 g/mol. The van der Waals surface area contributed by atoms with Gasteiger partial charge in [-0.2, -0.15) is 0 Å². The van der Waals surface area contributed by atoms with E-state index in [1.54, 1.807) is 36.4 Å². The van der Waals surface area contributed by atoms with E-state index in [-0.39, 0.29) is 24.2 Å². The number of hydrogen-bond acceptors (Lipinski definition) is 2. The predicted octanol–water partition coefficient (Wildman–Crippen LogP) is 4.12. The van der Waals surface area contributed by atoms with Crippen molar-refractivity contribution < 1.29 is 9.59 Å². The van der Waals surface area contributed by atoms with Crippen LogP contribution >= 0.6 is 23.2 Å². The van der Waals surface area contributed by atoms with Crippen molar-refractivity contribution in [2.45, 2.75) is 12.8 Å². The normalized spacial score (nSPS) is 18.1. The molecule has 0 spiro atoms. The number of amides is 2. The van der Waals surface area contributed by atoms with Gasteiger partial charge in [0.1, 0.15) is 0 Å². The Hall–Kier alpha value is -1.84. The topological polar surface area (TPSA) is 37.4 Å². The highest BCUT2D eigenvalue weighted by Crippen LogP contribution is 2.29. The van der Waals surface area contributed by atoms with Gasteiger partial charge in [0.25, 0.3) is 0 Å². The first-order chi connectivity index (χ1) is 10.5. The third kappa shape index (κ3) is 3.01. The smallest absolute Gasteiger partial charge is 0.237 e. The molecule has 2 aromatic carbocycles. The van der Waals surface area contributed by atoms with E-state index in [9.17, 15) is 9.59 Å². The predicted molar refractivity (Wildman–Crippen MR) is 87.2 cm³/mol. The molecule has 1 fully saturated rings. The number of halogens is 2. The average Bonchev–Trinajstić information content (AvgIpc) is 2.77. The average molecular weight is 334 g/mol. The Kier molecular flexibility index (Phi) is 4.19. The first-order valence-corrected chi connectivity index (χ1v) is 7.67. The molecule has 0 aromatic heterocycles. The quantitative estimate of drug-likeness (QED) is 0.792. The molecule has 1 heterocycles. The van der Waals surface area contributed by atoms with Gasteiger partial charge in [0, 0.05) is 16.5 Å². The number of imide groups is 1. The maximum atomic E-state index is 12.5. The van der Waals surface area contributed by atoms with Crippen LogP contribution in [0.25, 0.3) is 0 Å². The second-order valence-corrected chi connectivity index (χ2v) is 6.15. The van der Waals surface area contributed by atoms with Crippen molar-refractivity contribution in [3.05, 3.63) is 64.1 Å². The van der Waals surface area contributed by atoms with Crippen molar-refractivity contribution in [1.82, 2.24) is 0 Å². The van der Waals surface area contributed by atoms with Crippen LogP contribution in [0.2, 0.25) is 10.0 Å². The molecule has 0 bridgehead atoms. The summed E-state index contributed by atoms with van der Waals surface area (Å²) in [5, 5.41) is 1.22. The molecule has 112 valence electrons. The summed E-state index contributed by atoms with van der Waals surface area (Å²) in [5.74, 6) is -0.669. The Morgan fingerprint density at radius 2 is 1.45 bits per heavy atom. The first kappa shape index (κ1) is 15.1. The van der Waals surface area contributed by atoms with E-state index in [1.165, 1.54) is 4.90 Å². The first-order valence-electron chi connectivity index (χ1n) is 6.91. The van der Waals surface area contributed by atoms with Crippen LogP contribution in [0.1, 0.15) is 12.0 Å². The van der Waals surface area contributed by atoms with Crippen molar-refractivity contribution in [2.24, 2.45) is 5.92 Å². The highest BCUT2D eigenvalue weighted by molar-refractivity contribution is 6.31. The Morgan fingerprint density at radius 3 is 2.05 bits per heavy atom. The molecule has 2 amide bonds. The van der Waals surface area contributed by atoms with E-state index in [1.807, 2.05) is 12.1 Å². The van der Waals surface area contributed by atoms with Gasteiger partial charge in [0.2, 0.25) is 11.8 Å². The minimum atomic E-state index is -0.329. The molecule has 3 nitrogen and oxygen atoms in total. The van der Waals surface area contributed by atoms with Gasteiger partial charge in [-0.1, -0.05) is 35.3 Å². The largest absolute Gasteiger partial charge is 0.274 e. The van der Waals surface area contributed by atoms with Crippen LogP contribution in [0.15, 0.2) is 48.5 Å². The van der Waals surface area contributed by atoms with E-state index >= 15 is 0 Å². The molecule has 2 aromatic rings. The maximum Gasteiger partial charge on any atom is 0.237 e. The highest BCUT2D eigenvalue weighted by Gasteiger charge is 2.39. The molecule has 1 unspecified atom stereocenters. The summed E-state index contributed by atoms with van der Waals surface area (Å²) in [5.41, 5.74) is 1.56. The number of hydrogen-bond donors (Lipinski definition) is 0. The molecule has 3 rings (SSSR count). The zero-order valence-corrected chi connectivity index (χ0v) is 13.1. The summed E-state index contributed by atoms with van der Waals surface area (Å²) in [4.78, 5) is 25.9. The summed E-state index contributed by atoms with van der Waals surface area (Å²) in [6.07, 6.45) is 0.760. The van der Waals surface area contributed by atoms with Crippen LogP contribution in [-0.4, -0.2) is 11.8 Å². The maximum absolute atomic E-state index is 12.5. The third-order valence-corrected chi connectivity index (χ3v) is 4.22. The standard InChI is InChI=1S/C17H13Cl2NO2/c18-13-3-1-11(2-4-13)9-12-10-16(21)20(17(12)22)15-7-5-14(19)6-8-15/h1-8,12H,9-10H2. The van der Waals surface area contributed by atoms with E-state index in [2.05, 4.69) is 0 Å². The van der Waals surface area contributed by atoms with Gasteiger partial charge in [-0.15, -0.1) is 0 Å². The van der Waals surface area contributed by atoms with Gasteiger partial charge < -0.3 is 0 Å². The molecule has 22 heavy (non-hydrogen) atoms. The molecule has 0 radical (unpaired) electrons. The van der Waals surface area contributed by atoms with Gasteiger partial charge in [-0.05, 0) is 48.4 Å². The Labute approximate surface area is 138 Å². The van der Waals surface area contributed by atoms with Crippen LogP contribution < -0.4 is 4.90 Å². The molecule has 0 saturated carbocycles. The summed E-state index contributed by atoms with van der Waals surface area (Å²) >= 11 is 11.7. The molecule has 1 aliphatic heterocycles. The van der Waals surface area contributed by atoms with Gasteiger partial charge in [-0.3, -0.25) is 14.5 Å². The lowest BCUT2D eigenvalue weighted by molar-refractivity contribution is -0.122. The minimum Gasteiger partial charge on any atom is -0.274 e. The fourth-order valence-electron chi connectivity index (χ4n) is 2.62. The zero-order chi connectivity index (χ0) is 15.7. The number of carbonyl (C=O) groups is 2. The Bertz CT molecular complexity index is 710. The highest BCUT2D eigenvalue weighted by atomic mass is 35.5. The molecule has 1 atom stereocenters. The lowest BCUT2D eigenvalue weighted by atomic mass is 9.98. The second-order valence-electron chi connectivity index (χ2n) is 5.28.